The van der Waals surface area contributed by atoms with Gasteiger partial charge in [-0.25, -0.2) is 18.2 Å². The molecule has 1 saturated heterocycles. The highest BCUT2D eigenvalue weighted by atomic mass is 32.2. The molecule has 1 aliphatic rings. The van der Waals surface area contributed by atoms with Gasteiger partial charge in [0.1, 0.15) is 5.82 Å². The minimum Gasteiger partial charge on any atom is -0.334 e. The number of nitrogens with one attached hydrogen (secondary N) is 2. The van der Waals surface area contributed by atoms with Crippen molar-refractivity contribution >= 4 is 15.9 Å². The molecular formula is C18H24N4O3S. The van der Waals surface area contributed by atoms with Crippen LogP contribution >= 0.6 is 0 Å². The van der Waals surface area contributed by atoms with Crippen LogP contribution in [0.4, 0.5) is 4.79 Å². The predicted molar refractivity (Wildman–Crippen MR) is 99.9 cm³/mol. The highest BCUT2D eigenvalue weighted by Gasteiger charge is 2.32. The topological polar surface area (TPSA) is 93.1 Å². The van der Waals surface area contributed by atoms with Crippen LogP contribution in [0.5, 0.6) is 0 Å². The first kappa shape index (κ1) is 18.4. The van der Waals surface area contributed by atoms with Crippen LogP contribution in [0, 0.1) is 0 Å². The molecule has 3 rings (SSSR count). The molecule has 3 unspecified atom stereocenters. The van der Waals surface area contributed by atoms with Gasteiger partial charge in [-0.2, -0.15) is 0 Å². The lowest BCUT2D eigenvalue weighted by molar-refractivity contribution is 0.233. The van der Waals surface area contributed by atoms with Crippen molar-refractivity contribution in [3.63, 3.8) is 0 Å². The minimum atomic E-state index is -3.13. The Balaban J connectivity index is 1.63. The third-order valence-corrected chi connectivity index (χ3v) is 7.07. The van der Waals surface area contributed by atoms with Gasteiger partial charge in [0.2, 0.25) is 0 Å². The van der Waals surface area contributed by atoms with Crippen molar-refractivity contribution in [2.24, 2.45) is 0 Å². The van der Waals surface area contributed by atoms with E-state index >= 15 is 0 Å². The summed E-state index contributed by atoms with van der Waals surface area (Å²) in [5, 5.41) is 5.30. The van der Waals surface area contributed by atoms with Crippen molar-refractivity contribution in [1.29, 1.82) is 0 Å². The number of rotatable bonds is 4. The van der Waals surface area contributed by atoms with Gasteiger partial charge in [0.15, 0.2) is 9.84 Å². The van der Waals surface area contributed by atoms with Crippen molar-refractivity contribution in [3.8, 4) is 5.69 Å². The number of carbonyl (C=O) groups excluding carboxylic acids is 1. The number of urea groups is 1. The highest BCUT2D eigenvalue weighted by molar-refractivity contribution is 7.92. The minimum absolute atomic E-state index is 0.00535. The summed E-state index contributed by atoms with van der Waals surface area (Å²) in [6.07, 6.45) is 4.77. The summed E-state index contributed by atoms with van der Waals surface area (Å²) in [6.45, 7) is 3.57. The van der Waals surface area contributed by atoms with E-state index in [-0.39, 0.29) is 29.1 Å². The van der Waals surface area contributed by atoms with Crippen LogP contribution in [0.25, 0.3) is 5.69 Å². The van der Waals surface area contributed by atoms with E-state index in [1.165, 1.54) is 0 Å². The second-order valence-electron chi connectivity index (χ2n) is 6.74. The van der Waals surface area contributed by atoms with Gasteiger partial charge in [-0.15, -0.1) is 0 Å². The number of amides is 2. The molecule has 0 bridgehead atoms. The summed E-state index contributed by atoms with van der Waals surface area (Å²) in [5.74, 6) is 0.700. The van der Waals surface area contributed by atoms with E-state index < -0.39 is 9.84 Å². The third-order valence-electron chi connectivity index (χ3n) is 4.74. The first-order valence-electron chi connectivity index (χ1n) is 8.74. The van der Waals surface area contributed by atoms with E-state index in [9.17, 15) is 13.2 Å². The van der Waals surface area contributed by atoms with E-state index in [2.05, 4.69) is 15.6 Å². The molecule has 1 aliphatic heterocycles. The Labute approximate surface area is 153 Å². The molecule has 2 heterocycles. The van der Waals surface area contributed by atoms with Gasteiger partial charge in [-0.05, 0) is 38.8 Å². The van der Waals surface area contributed by atoms with Crippen LogP contribution in [-0.4, -0.2) is 41.0 Å². The summed E-state index contributed by atoms with van der Waals surface area (Å²) in [4.78, 5) is 16.7. The van der Waals surface area contributed by atoms with Gasteiger partial charge >= 0.3 is 6.03 Å². The molecule has 0 radical (unpaired) electrons. The molecule has 1 fully saturated rings. The predicted octanol–water partition coefficient (Wildman–Crippen LogP) is 2.20. The van der Waals surface area contributed by atoms with Crippen molar-refractivity contribution < 1.29 is 13.2 Å². The molecule has 0 saturated carbocycles. The zero-order chi connectivity index (χ0) is 18.7. The van der Waals surface area contributed by atoms with E-state index in [4.69, 9.17) is 0 Å². The molecular weight excluding hydrogens is 352 g/mol. The first-order chi connectivity index (χ1) is 12.4. The summed E-state index contributed by atoms with van der Waals surface area (Å²) in [5.41, 5.74) is 0.960. The Morgan fingerprint density at radius 3 is 2.69 bits per heavy atom. The maximum atomic E-state index is 12.3. The van der Waals surface area contributed by atoms with Gasteiger partial charge < -0.3 is 15.2 Å². The van der Waals surface area contributed by atoms with Crippen LogP contribution in [0.15, 0.2) is 42.7 Å². The number of aromatic nitrogens is 2. The normalized spacial score (nSPS) is 23.2. The Hall–Kier alpha value is -2.35. The third kappa shape index (κ3) is 4.07. The fourth-order valence-corrected chi connectivity index (χ4v) is 4.82. The fourth-order valence-electron chi connectivity index (χ4n) is 3.19. The number of benzene rings is 1. The second-order valence-corrected chi connectivity index (χ2v) is 9.21. The van der Waals surface area contributed by atoms with Gasteiger partial charge in [-0.1, -0.05) is 18.2 Å². The van der Waals surface area contributed by atoms with Gasteiger partial charge in [-0.3, -0.25) is 0 Å². The zero-order valence-electron chi connectivity index (χ0n) is 14.9. The Bertz CT molecular complexity index is 864. The number of imidazole rings is 1. The van der Waals surface area contributed by atoms with Crippen LogP contribution in [0.2, 0.25) is 0 Å². The van der Waals surface area contributed by atoms with Crippen LogP contribution in [0.1, 0.15) is 38.6 Å². The lowest BCUT2D eigenvalue weighted by Crippen LogP contribution is -2.49. The molecule has 1 aromatic heterocycles. The van der Waals surface area contributed by atoms with Crippen LogP contribution < -0.4 is 10.6 Å². The van der Waals surface area contributed by atoms with Crippen molar-refractivity contribution in [2.75, 3.05) is 5.75 Å². The first-order valence-corrected chi connectivity index (χ1v) is 10.5. The zero-order valence-corrected chi connectivity index (χ0v) is 15.7. The Morgan fingerprint density at radius 1 is 1.27 bits per heavy atom. The molecule has 1 aromatic carbocycles. The average molecular weight is 376 g/mol. The molecule has 2 N–H and O–H groups in total. The summed E-state index contributed by atoms with van der Waals surface area (Å²) < 4.78 is 25.9. The maximum Gasteiger partial charge on any atom is 0.315 e. The average Bonchev–Trinajstić information content (AvgIpc) is 3.08. The molecule has 3 atom stereocenters. The number of hydrogen-bond acceptors (Lipinski definition) is 4. The largest absolute Gasteiger partial charge is 0.334 e. The number of nitrogens with zero attached hydrogens (tertiary/aromatic N) is 2. The monoisotopic (exact) mass is 376 g/mol. The smallest absolute Gasteiger partial charge is 0.315 e. The lowest BCUT2D eigenvalue weighted by Gasteiger charge is -2.27. The Morgan fingerprint density at radius 2 is 2.00 bits per heavy atom. The van der Waals surface area contributed by atoms with Gasteiger partial charge in [0.05, 0.1) is 17.0 Å². The van der Waals surface area contributed by atoms with Crippen molar-refractivity contribution in [1.82, 2.24) is 20.2 Å². The quantitative estimate of drug-likeness (QED) is 0.855. The van der Waals surface area contributed by atoms with E-state index in [1.807, 2.05) is 48.0 Å². The summed E-state index contributed by atoms with van der Waals surface area (Å²) in [6, 6.07) is 8.69. The van der Waals surface area contributed by atoms with Crippen LogP contribution in [0.3, 0.4) is 0 Å². The van der Waals surface area contributed by atoms with E-state index in [0.717, 1.165) is 5.69 Å². The molecule has 140 valence electrons. The molecule has 7 nitrogen and oxygen atoms in total. The molecule has 26 heavy (non-hydrogen) atoms. The van der Waals surface area contributed by atoms with E-state index in [1.54, 1.807) is 13.1 Å². The SMILES string of the molecule is CC(NC(=O)NC1CCC(C)S(=O)(=O)C1)c1nccn1-c1ccccc1. The fraction of sp³-hybridized carbons (Fsp3) is 0.444. The highest BCUT2D eigenvalue weighted by Crippen LogP contribution is 2.20. The lowest BCUT2D eigenvalue weighted by atomic mass is 10.1. The molecule has 2 amide bonds. The van der Waals surface area contributed by atoms with E-state index in [0.29, 0.717) is 18.7 Å². The standard InChI is InChI=1S/C18H24N4O3S/c1-13-8-9-15(12-26(13,24)25)21-18(23)20-14(2)17-19-10-11-22(17)16-6-4-3-5-7-16/h3-7,10-11,13-15H,8-9,12H2,1-2H3,(H2,20,21,23). The van der Waals surface area contributed by atoms with Crippen LogP contribution in [-0.2, 0) is 9.84 Å². The second kappa shape index (κ2) is 7.49. The van der Waals surface area contributed by atoms with Gasteiger partial charge in [0.25, 0.3) is 0 Å². The number of carbonyl (C=O) groups is 1. The van der Waals surface area contributed by atoms with Gasteiger partial charge in [0, 0.05) is 24.1 Å². The Kier molecular flexibility index (Phi) is 5.31. The number of para-hydroxylation sites is 1. The van der Waals surface area contributed by atoms with Crippen molar-refractivity contribution in [3.05, 3.63) is 48.5 Å². The summed E-state index contributed by atoms with van der Waals surface area (Å²) >= 11 is 0. The van der Waals surface area contributed by atoms with Crippen molar-refractivity contribution in [2.45, 2.75) is 44.0 Å². The molecule has 0 aliphatic carbocycles. The molecule has 2 aromatic rings. The number of hydrogen-bond donors (Lipinski definition) is 2. The maximum absolute atomic E-state index is 12.3. The molecule has 8 heteroatoms. The number of sulfone groups is 1. The molecule has 0 spiro atoms. The summed E-state index contributed by atoms with van der Waals surface area (Å²) in [7, 11) is -3.13.